The van der Waals surface area contributed by atoms with Crippen LogP contribution in [-0.4, -0.2) is 38.2 Å². The van der Waals surface area contributed by atoms with Gasteiger partial charge in [-0.2, -0.15) is 0 Å². The fourth-order valence-corrected chi connectivity index (χ4v) is 2.15. The second kappa shape index (κ2) is 6.07. The van der Waals surface area contributed by atoms with Crippen molar-refractivity contribution in [1.29, 1.82) is 0 Å². The van der Waals surface area contributed by atoms with Crippen molar-refractivity contribution in [2.45, 2.75) is 11.8 Å². The molecular weight excluding hydrogens is 254 g/mol. The Bertz CT molecular complexity index is 407. The number of ether oxygens (including phenoxy) is 2. The second-order valence-corrected chi connectivity index (χ2v) is 4.76. The largest absolute Gasteiger partial charge is 0.491 e. The Kier molecular flexibility index (Phi) is 4.44. The highest BCUT2D eigenvalue weighted by Crippen LogP contribution is 2.25. The molecular formula is C13H16ClNO3. The fourth-order valence-electron chi connectivity index (χ4n) is 1.88. The molecule has 1 aliphatic heterocycles. The van der Waals surface area contributed by atoms with Gasteiger partial charge in [0, 0.05) is 25.8 Å². The van der Waals surface area contributed by atoms with Crippen LogP contribution in [0.3, 0.4) is 0 Å². The molecule has 0 aromatic heterocycles. The number of halogens is 1. The summed E-state index contributed by atoms with van der Waals surface area (Å²) in [5, 5.41) is -0.0878. The molecule has 0 radical (unpaired) electrons. The lowest BCUT2D eigenvalue weighted by molar-refractivity contribution is -0.117. The number of carbonyl (C=O) groups is 1. The molecule has 0 saturated carbocycles. The first-order valence-corrected chi connectivity index (χ1v) is 6.30. The Morgan fingerprint density at radius 1 is 1.33 bits per heavy atom. The van der Waals surface area contributed by atoms with E-state index in [0.717, 1.165) is 11.4 Å². The van der Waals surface area contributed by atoms with E-state index >= 15 is 0 Å². The molecule has 1 amide bonds. The summed E-state index contributed by atoms with van der Waals surface area (Å²) in [4.78, 5) is 13.4. The van der Waals surface area contributed by atoms with Crippen molar-refractivity contribution in [1.82, 2.24) is 0 Å². The van der Waals surface area contributed by atoms with Crippen LogP contribution in [0.15, 0.2) is 24.3 Å². The van der Waals surface area contributed by atoms with E-state index < -0.39 is 0 Å². The summed E-state index contributed by atoms with van der Waals surface area (Å²) in [5.41, 5.74) is 0.863. The number of nitrogens with zero attached hydrogens (tertiary/aromatic N) is 1. The van der Waals surface area contributed by atoms with Gasteiger partial charge in [0.1, 0.15) is 12.4 Å². The quantitative estimate of drug-likeness (QED) is 0.607. The van der Waals surface area contributed by atoms with Crippen molar-refractivity contribution in [2.75, 3.05) is 31.8 Å². The van der Waals surface area contributed by atoms with E-state index in [0.29, 0.717) is 26.2 Å². The van der Waals surface area contributed by atoms with Gasteiger partial charge >= 0.3 is 0 Å². The number of benzene rings is 1. The number of amides is 1. The zero-order chi connectivity index (χ0) is 13.0. The molecule has 1 aromatic rings. The molecule has 1 saturated heterocycles. The van der Waals surface area contributed by atoms with Crippen molar-refractivity contribution in [3.8, 4) is 5.75 Å². The van der Waals surface area contributed by atoms with Crippen molar-refractivity contribution in [3.63, 3.8) is 0 Å². The molecule has 1 unspecified atom stereocenters. The number of hydrogen-bond acceptors (Lipinski definition) is 3. The molecule has 0 N–H and O–H groups in total. The van der Waals surface area contributed by atoms with Crippen LogP contribution in [0.2, 0.25) is 0 Å². The van der Waals surface area contributed by atoms with Gasteiger partial charge in [-0.15, -0.1) is 11.6 Å². The number of carbonyl (C=O) groups excluding carboxylic acids is 1. The summed E-state index contributed by atoms with van der Waals surface area (Å²) in [7, 11) is 1.63. The second-order valence-electron chi connectivity index (χ2n) is 4.14. The van der Waals surface area contributed by atoms with Crippen molar-refractivity contribution in [2.24, 2.45) is 0 Å². The van der Waals surface area contributed by atoms with Crippen LogP contribution in [-0.2, 0) is 9.53 Å². The van der Waals surface area contributed by atoms with E-state index in [1.54, 1.807) is 12.0 Å². The summed E-state index contributed by atoms with van der Waals surface area (Å²) < 4.78 is 10.4. The van der Waals surface area contributed by atoms with Gasteiger partial charge in [-0.05, 0) is 24.3 Å². The average molecular weight is 270 g/mol. The highest BCUT2D eigenvalue weighted by molar-refractivity contribution is 6.24. The maximum absolute atomic E-state index is 11.7. The smallest absolute Gasteiger partial charge is 0.228 e. The molecule has 98 valence electrons. The lowest BCUT2D eigenvalue weighted by Gasteiger charge is -2.16. The molecule has 0 spiro atoms. The van der Waals surface area contributed by atoms with E-state index in [4.69, 9.17) is 21.1 Å². The Morgan fingerprint density at radius 2 is 2.06 bits per heavy atom. The van der Waals surface area contributed by atoms with Crippen molar-refractivity contribution >= 4 is 23.2 Å². The van der Waals surface area contributed by atoms with Crippen LogP contribution in [0, 0.1) is 0 Å². The molecule has 0 bridgehead atoms. The molecule has 2 rings (SSSR count). The zero-order valence-corrected chi connectivity index (χ0v) is 11.0. The van der Waals surface area contributed by atoms with Crippen LogP contribution in [0.4, 0.5) is 5.69 Å². The predicted molar refractivity (Wildman–Crippen MR) is 70.4 cm³/mol. The molecule has 1 heterocycles. The van der Waals surface area contributed by atoms with Gasteiger partial charge < -0.3 is 14.4 Å². The number of alkyl halides is 1. The molecule has 1 fully saturated rings. The lowest BCUT2D eigenvalue weighted by atomic mass is 10.3. The topological polar surface area (TPSA) is 38.8 Å². The normalized spacial score (nSPS) is 19.3. The van der Waals surface area contributed by atoms with E-state index in [9.17, 15) is 4.79 Å². The van der Waals surface area contributed by atoms with Crippen LogP contribution in [0.25, 0.3) is 0 Å². The fraction of sp³-hybridized carbons (Fsp3) is 0.462. The molecule has 0 aliphatic carbocycles. The minimum atomic E-state index is -0.0878. The van der Waals surface area contributed by atoms with Gasteiger partial charge in [0.15, 0.2) is 0 Å². The minimum Gasteiger partial charge on any atom is -0.491 e. The van der Waals surface area contributed by atoms with E-state index in [1.165, 1.54) is 0 Å². The zero-order valence-electron chi connectivity index (χ0n) is 10.3. The van der Waals surface area contributed by atoms with Gasteiger partial charge in [0.2, 0.25) is 5.91 Å². The molecule has 1 aliphatic rings. The van der Waals surface area contributed by atoms with Crippen molar-refractivity contribution < 1.29 is 14.3 Å². The van der Waals surface area contributed by atoms with Crippen LogP contribution >= 0.6 is 11.6 Å². The van der Waals surface area contributed by atoms with Crippen LogP contribution in [0.5, 0.6) is 5.75 Å². The van der Waals surface area contributed by atoms with Crippen LogP contribution in [0.1, 0.15) is 6.42 Å². The van der Waals surface area contributed by atoms with E-state index in [-0.39, 0.29) is 11.3 Å². The molecule has 1 aromatic carbocycles. The molecule has 18 heavy (non-hydrogen) atoms. The molecule has 5 heteroatoms. The summed E-state index contributed by atoms with van der Waals surface area (Å²) in [6, 6.07) is 7.43. The number of rotatable bonds is 5. The van der Waals surface area contributed by atoms with Gasteiger partial charge in [0.05, 0.1) is 12.0 Å². The third-order valence-electron chi connectivity index (χ3n) is 2.78. The first-order chi connectivity index (χ1) is 8.70. The van der Waals surface area contributed by atoms with Gasteiger partial charge in [-0.3, -0.25) is 4.79 Å². The van der Waals surface area contributed by atoms with E-state index in [1.807, 2.05) is 24.3 Å². The van der Waals surface area contributed by atoms with Gasteiger partial charge in [-0.1, -0.05) is 0 Å². The Balaban J connectivity index is 1.97. The first kappa shape index (κ1) is 13.2. The summed E-state index contributed by atoms with van der Waals surface area (Å²) >= 11 is 5.97. The highest BCUT2D eigenvalue weighted by atomic mass is 35.5. The molecule has 4 nitrogen and oxygen atoms in total. The summed E-state index contributed by atoms with van der Waals surface area (Å²) in [6.45, 7) is 1.65. The summed E-state index contributed by atoms with van der Waals surface area (Å²) in [5.74, 6) is 0.841. The Morgan fingerprint density at radius 3 is 2.61 bits per heavy atom. The van der Waals surface area contributed by atoms with Crippen LogP contribution < -0.4 is 9.64 Å². The van der Waals surface area contributed by atoms with Gasteiger partial charge in [0.25, 0.3) is 0 Å². The number of methoxy groups -OCH3 is 1. The summed E-state index contributed by atoms with van der Waals surface area (Å²) in [6.07, 6.45) is 0.410. The van der Waals surface area contributed by atoms with Gasteiger partial charge in [-0.25, -0.2) is 0 Å². The predicted octanol–water partition coefficient (Wildman–Crippen LogP) is 2.06. The maximum Gasteiger partial charge on any atom is 0.228 e. The highest BCUT2D eigenvalue weighted by Gasteiger charge is 2.28. The SMILES string of the molecule is COCCOc1ccc(N2CC(Cl)CC2=O)cc1. The number of anilines is 1. The Hall–Kier alpha value is -1.26. The van der Waals surface area contributed by atoms with E-state index in [2.05, 4.69) is 0 Å². The lowest BCUT2D eigenvalue weighted by Crippen LogP contribution is -2.24. The Labute approximate surface area is 111 Å². The third-order valence-corrected chi connectivity index (χ3v) is 3.07. The standard InChI is InChI=1S/C13H16ClNO3/c1-17-6-7-18-12-4-2-11(3-5-12)15-9-10(14)8-13(15)16/h2-5,10H,6-9H2,1H3. The minimum absolute atomic E-state index is 0.0723. The molecule has 1 atom stereocenters. The monoisotopic (exact) mass is 269 g/mol. The number of hydrogen-bond donors (Lipinski definition) is 0. The average Bonchev–Trinajstić information content (AvgIpc) is 2.70. The van der Waals surface area contributed by atoms with Crippen molar-refractivity contribution in [3.05, 3.63) is 24.3 Å². The maximum atomic E-state index is 11.7. The first-order valence-electron chi connectivity index (χ1n) is 5.87. The third kappa shape index (κ3) is 3.15.